The summed E-state index contributed by atoms with van der Waals surface area (Å²) in [7, 11) is 0. The van der Waals surface area contributed by atoms with Crippen LogP contribution in [0.4, 0.5) is 18.9 Å². The number of rotatable bonds is 3. The second-order valence-electron chi connectivity index (χ2n) is 5.91. The molecule has 128 valence electrons. The highest BCUT2D eigenvalue weighted by atomic mass is 79.9. The third kappa shape index (κ3) is 4.11. The molecule has 1 saturated heterocycles. The van der Waals surface area contributed by atoms with E-state index in [0.29, 0.717) is 17.6 Å². The van der Waals surface area contributed by atoms with Crippen LogP contribution in [-0.4, -0.2) is 31.1 Å². The molecule has 0 saturated carbocycles. The maximum Gasteiger partial charge on any atom is 0.418 e. The smallest absolute Gasteiger partial charge is 0.368 e. The van der Waals surface area contributed by atoms with Gasteiger partial charge in [0.25, 0.3) is 0 Å². The number of hydrogen-bond acceptors (Lipinski definition) is 2. The fraction of sp³-hybridized carbons (Fsp3) is 0.333. The molecule has 0 amide bonds. The monoisotopic (exact) mass is 398 g/mol. The molecule has 0 N–H and O–H groups in total. The Morgan fingerprint density at radius 2 is 1.58 bits per heavy atom. The summed E-state index contributed by atoms with van der Waals surface area (Å²) >= 11 is 3.28. The van der Waals surface area contributed by atoms with Gasteiger partial charge in [0.1, 0.15) is 0 Å². The standard InChI is InChI=1S/C18H18BrF3N2/c19-15-6-7-16(18(20,21)22)17(12-15)24-10-8-23(9-11-24)13-14-4-2-1-3-5-14/h1-7,12H,8-11,13H2. The van der Waals surface area contributed by atoms with Gasteiger partial charge in [-0.25, -0.2) is 0 Å². The lowest BCUT2D eigenvalue weighted by atomic mass is 10.1. The maximum absolute atomic E-state index is 13.2. The van der Waals surface area contributed by atoms with E-state index in [1.807, 2.05) is 23.1 Å². The molecule has 0 bridgehead atoms. The Hall–Kier alpha value is -1.53. The lowest BCUT2D eigenvalue weighted by Gasteiger charge is -2.37. The van der Waals surface area contributed by atoms with Crippen LogP contribution >= 0.6 is 15.9 Å². The molecule has 6 heteroatoms. The van der Waals surface area contributed by atoms with Gasteiger partial charge >= 0.3 is 6.18 Å². The van der Waals surface area contributed by atoms with Crippen molar-refractivity contribution in [3.8, 4) is 0 Å². The van der Waals surface area contributed by atoms with E-state index >= 15 is 0 Å². The zero-order valence-electron chi connectivity index (χ0n) is 13.1. The van der Waals surface area contributed by atoms with Crippen molar-refractivity contribution >= 4 is 21.6 Å². The summed E-state index contributed by atoms with van der Waals surface area (Å²) in [5.41, 5.74) is 0.919. The van der Waals surface area contributed by atoms with Gasteiger partial charge in [0.15, 0.2) is 0 Å². The quantitative estimate of drug-likeness (QED) is 0.733. The third-order valence-electron chi connectivity index (χ3n) is 4.23. The Morgan fingerprint density at radius 1 is 0.917 bits per heavy atom. The predicted molar refractivity (Wildman–Crippen MR) is 93.1 cm³/mol. The van der Waals surface area contributed by atoms with E-state index in [4.69, 9.17) is 0 Å². The van der Waals surface area contributed by atoms with Crippen LogP contribution in [0, 0.1) is 0 Å². The van der Waals surface area contributed by atoms with Crippen LogP contribution < -0.4 is 4.90 Å². The zero-order chi connectivity index (χ0) is 17.2. The van der Waals surface area contributed by atoms with E-state index in [1.165, 1.54) is 11.6 Å². The topological polar surface area (TPSA) is 6.48 Å². The van der Waals surface area contributed by atoms with Crippen molar-refractivity contribution in [1.29, 1.82) is 0 Å². The van der Waals surface area contributed by atoms with Gasteiger partial charge in [-0.05, 0) is 23.8 Å². The molecule has 1 aliphatic heterocycles. The molecule has 0 atom stereocenters. The lowest BCUT2D eigenvalue weighted by molar-refractivity contribution is -0.137. The minimum Gasteiger partial charge on any atom is -0.368 e. The molecule has 0 aliphatic carbocycles. The molecule has 0 aromatic heterocycles. The number of piperazine rings is 1. The first-order valence-corrected chi connectivity index (χ1v) is 8.61. The second-order valence-corrected chi connectivity index (χ2v) is 6.82. The first kappa shape index (κ1) is 17.3. The van der Waals surface area contributed by atoms with Crippen LogP contribution in [0.2, 0.25) is 0 Å². The SMILES string of the molecule is FC(F)(F)c1ccc(Br)cc1N1CCN(Cc2ccccc2)CC1. The predicted octanol–water partition coefficient (Wildman–Crippen LogP) is 4.79. The van der Waals surface area contributed by atoms with E-state index in [1.54, 1.807) is 6.07 Å². The Balaban J connectivity index is 1.70. The number of benzene rings is 2. The van der Waals surface area contributed by atoms with Gasteiger partial charge in [-0.3, -0.25) is 4.90 Å². The van der Waals surface area contributed by atoms with E-state index in [-0.39, 0.29) is 5.69 Å². The van der Waals surface area contributed by atoms with Gasteiger partial charge in [0.05, 0.1) is 11.3 Å². The summed E-state index contributed by atoms with van der Waals surface area (Å²) < 4.78 is 40.4. The number of hydrogen-bond donors (Lipinski definition) is 0. The highest BCUT2D eigenvalue weighted by molar-refractivity contribution is 9.10. The van der Waals surface area contributed by atoms with Crippen LogP contribution in [0.1, 0.15) is 11.1 Å². The zero-order valence-corrected chi connectivity index (χ0v) is 14.6. The van der Waals surface area contributed by atoms with Crippen LogP contribution in [-0.2, 0) is 12.7 Å². The van der Waals surface area contributed by atoms with Crippen molar-refractivity contribution in [3.05, 3.63) is 64.1 Å². The molecule has 1 fully saturated rings. The molecule has 1 heterocycles. The number of halogens is 4. The van der Waals surface area contributed by atoms with E-state index in [0.717, 1.165) is 25.7 Å². The van der Waals surface area contributed by atoms with Gasteiger partial charge in [0.2, 0.25) is 0 Å². The molecular weight excluding hydrogens is 381 g/mol. The van der Waals surface area contributed by atoms with Gasteiger partial charge in [-0.15, -0.1) is 0 Å². The summed E-state index contributed by atoms with van der Waals surface area (Å²) in [6.45, 7) is 3.51. The van der Waals surface area contributed by atoms with Crippen molar-refractivity contribution in [3.63, 3.8) is 0 Å². The Morgan fingerprint density at radius 3 is 2.21 bits per heavy atom. The van der Waals surface area contributed by atoms with Crippen molar-refractivity contribution in [2.45, 2.75) is 12.7 Å². The third-order valence-corrected chi connectivity index (χ3v) is 4.72. The maximum atomic E-state index is 13.2. The summed E-state index contributed by atoms with van der Waals surface area (Å²) in [5, 5.41) is 0. The van der Waals surface area contributed by atoms with Crippen LogP contribution in [0.3, 0.4) is 0 Å². The van der Waals surface area contributed by atoms with E-state index in [9.17, 15) is 13.2 Å². The highest BCUT2D eigenvalue weighted by Crippen LogP contribution is 2.38. The normalized spacial score (nSPS) is 16.4. The number of anilines is 1. The van der Waals surface area contributed by atoms with Crippen molar-refractivity contribution in [1.82, 2.24) is 4.90 Å². The Kier molecular flexibility index (Phi) is 5.15. The summed E-state index contributed by atoms with van der Waals surface area (Å²) in [6.07, 6.45) is -4.34. The molecule has 0 unspecified atom stereocenters. The number of alkyl halides is 3. The Bertz CT molecular complexity index is 680. The van der Waals surface area contributed by atoms with Gasteiger partial charge in [-0.2, -0.15) is 13.2 Å². The second kappa shape index (κ2) is 7.15. The molecule has 0 spiro atoms. The molecule has 2 aromatic rings. The van der Waals surface area contributed by atoms with Crippen molar-refractivity contribution in [2.75, 3.05) is 31.1 Å². The van der Waals surface area contributed by atoms with Crippen LogP contribution in [0.5, 0.6) is 0 Å². The highest BCUT2D eigenvalue weighted by Gasteiger charge is 2.35. The van der Waals surface area contributed by atoms with Gasteiger partial charge < -0.3 is 4.90 Å². The largest absolute Gasteiger partial charge is 0.418 e. The lowest BCUT2D eigenvalue weighted by Crippen LogP contribution is -2.46. The van der Waals surface area contributed by atoms with E-state index < -0.39 is 11.7 Å². The average molecular weight is 399 g/mol. The minimum absolute atomic E-state index is 0.260. The first-order valence-electron chi connectivity index (χ1n) is 7.81. The summed E-state index contributed by atoms with van der Waals surface area (Å²) in [5.74, 6) is 0. The van der Waals surface area contributed by atoms with Crippen molar-refractivity contribution in [2.24, 2.45) is 0 Å². The summed E-state index contributed by atoms with van der Waals surface area (Å²) in [4.78, 5) is 4.10. The molecule has 24 heavy (non-hydrogen) atoms. The number of nitrogens with zero attached hydrogens (tertiary/aromatic N) is 2. The molecule has 3 rings (SSSR count). The van der Waals surface area contributed by atoms with Gasteiger partial charge in [0, 0.05) is 37.2 Å². The van der Waals surface area contributed by atoms with Crippen LogP contribution in [0.15, 0.2) is 53.0 Å². The fourth-order valence-corrected chi connectivity index (χ4v) is 3.34. The average Bonchev–Trinajstić information content (AvgIpc) is 2.55. The minimum atomic E-state index is -4.34. The van der Waals surface area contributed by atoms with Gasteiger partial charge in [-0.1, -0.05) is 46.3 Å². The van der Waals surface area contributed by atoms with Crippen LogP contribution in [0.25, 0.3) is 0 Å². The summed E-state index contributed by atoms with van der Waals surface area (Å²) in [6, 6.07) is 14.3. The molecule has 0 radical (unpaired) electrons. The molecule has 2 aromatic carbocycles. The molecular formula is C18H18BrF3N2. The molecule has 1 aliphatic rings. The molecule has 2 nitrogen and oxygen atoms in total. The fourth-order valence-electron chi connectivity index (χ4n) is 2.99. The first-order chi connectivity index (χ1) is 11.4. The Labute approximate surface area is 148 Å². The van der Waals surface area contributed by atoms with Crippen molar-refractivity contribution < 1.29 is 13.2 Å². The van der Waals surface area contributed by atoms with E-state index in [2.05, 4.69) is 33.0 Å².